The van der Waals surface area contributed by atoms with E-state index in [1.54, 1.807) is 26.5 Å². The van der Waals surface area contributed by atoms with Crippen LogP contribution in [0.2, 0.25) is 0 Å². The summed E-state index contributed by atoms with van der Waals surface area (Å²) in [4.78, 5) is 0. The summed E-state index contributed by atoms with van der Waals surface area (Å²) in [6.45, 7) is 2.59. The number of anilines is 1. The molecule has 112 valence electrons. The van der Waals surface area contributed by atoms with E-state index < -0.39 is 0 Å². The van der Waals surface area contributed by atoms with E-state index in [4.69, 9.17) is 20.6 Å². The van der Waals surface area contributed by atoms with Crippen molar-refractivity contribution in [3.63, 3.8) is 0 Å². The van der Waals surface area contributed by atoms with Crippen molar-refractivity contribution >= 4 is 17.6 Å². The molecule has 0 atom stereocenters. The van der Waals surface area contributed by atoms with Crippen molar-refractivity contribution in [1.29, 1.82) is 5.41 Å². The van der Waals surface area contributed by atoms with Crippen molar-refractivity contribution in [2.24, 2.45) is 3.21 Å². The molecule has 0 saturated carbocycles. The third kappa shape index (κ3) is 4.75. The van der Waals surface area contributed by atoms with Crippen molar-refractivity contribution in [1.82, 2.24) is 0 Å². The van der Waals surface area contributed by atoms with E-state index in [0.29, 0.717) is 29.3 Å². The fourth-order valence-electron chi connectivity index (χ4n) is 1.68. The number of alkyl halides is 1. The molecular weight excluding hydrogens is 369 g/mol. The predicted octanol–water partition coefficient (Wildman–Crippen LogP) is -0.724. The van der Waals surface area contributed by atoms with Crippen LogP contribution < -0.4 is 31.9 Å². The Hall–Kier alpha value is -1.15. The van der Waals surface area contributed by atoms with Crippen LogP contribution in [0.15, 0.2) is 15.3 Å². The zero-order chi connectivity index (χ0) is 15.0. The Bertz CT molecular complexity index is 490. The Kier molecular flexibility index (Phi) is 7.53. The van der Waals surface area contributed by atoms with Gasteiger partial charge >= 0.3 is 131 Å². The topological polar surface area (TPSA) is 80.7 Å². The number of nitrogen functional groups attached to an aromatic ring is 1. The van der Waals surface area contributed by atoms with Gasteiger partial charge < -0.3 is 0 Å². The van der Waals surface area contributed by atoms with Gasteiger partial charge in [0, 0.05) is 0 Å². The number of rotatable bonds is 8. The Morgan fingerprint density at radius 1 is 1.45 bits per heavy atom. The van der Waals surface area contributed by atoms with Crippen LogP contribution in [-0.2, 0) is 11.3 Å². The van der Waals surface area contributed by atoms with Gasteiger partial charge in [-0.25, -0.2) is 0 Å². The normalized spacial score (nSPS) is 11.2. The Morgan fingerprint density at radius 2 is 2.20 bits per heavy atom. The van der Waals surface area contributed by atoms with Crippen molar-refractivity contribution in [3.05, 3.63) is 23.3 Å². The number of halogens is 1. The van der Waals surface area contributed by atoms with Gasteiger partial charge in [-0.15, -0.1) is 0 Å². The summed E-state index contributed by atoms with van der Waals surface area (Å²) in [5.41, 5.74) is 8.37. The molecule has 0 aliphatic rings. The Balaban J connectivity index is 3.01. The average Bonchev–Trinajstić information content (AvgIpc) is 2.43. The predicted molar refractivity (Wildman–Crippen MR) is 78.6 cm³/mol. The summed E-state index contributed by atoms with van der Waals surface area (Å²) in [5.74, 6) is 0.523. The van der Waals surface area contributed by atoms with E-state index in [1.165, 1.54) is 0 Å². The minimum absolute atomic E-state index is 0.206. The van der Waals surface area contributed by atoms with Crippen molar-refractivity contribution < 1.29 is 31.0 Å². The molecule has 0 bridgehead atoms. The molecule has 6 heteroatoms. The molecule has 0 spiro atoms. The zero-order valence-corrected chi connectivity index (χ0v) is 14.2. The second-order valence-corrected chi connectivity index (χ2v) is 6.47. The van der Waals surface area contributed by atoms with Gasteiger partial charge in [-0.3, -0.25) is 0 Å². The molecule has 1 aromatic carbocycles. The SMILES string of the molecule is CCC[I-]/N=C\C(=N)c1cc(COC)cc(N)c1OC. The molecule has 0 aliphatic heterocycles. The third-order valence-corrected chi connectivity index (χ3v) is 4.74. The molecule has 0 aliphatic carbocycles. The van der Waals surface area contributed by atoms with Gasteiger partial charge in [-0.2, -0.15) is 0 Å². The standard InChI is InChI=1S/C14H21IN3O2/c1-4-5-15-18-8-13(17)11-6-10(9-19-2)7-12(16)14(11)20-3/h6-8,17H,4-5,9,16H2,1-3H3/q-1/b17-13?,18-8-. The van der Waals surface area contributed by atoms with Crippen molar-refractivity contribution in [2.45, 2.75) is 20.0 Å². The first-order valence-electron chi connectivity index (χ1n) is 6.30. The first-order chi connectivity index (χ1) is 9.63. The molecule has 5 nitrogen and oxygen atoms in total. The fourth-order valence-corrected chi connectivity index (χ4v) is 2.91. The van der Waals surface area contributed by atoms with Gasteiger partial charge in [0.15, 0.2) is 0 Å². The molecule has 20 heavy (non-hydrogen) atoms. The summed E-state index contributed by atoms with van der Waals surface area (Å²) in [5, 5.41) is 8.13. The van der Waals surface area contributed by atoms with Crippen LogP contribution in [-0.4, -0.2) is 30.6 Å². The zero-order valence-electron chi connectivity index (χ0n) is 12.1. The van der Waals surface area contributed by atoms with E-state index >= 15 is 0 Å². The number of benzene rings is 1. The molecule has 1 rings (SSSR count). The molecule has 0 saturated heterocycles. The fraction of sp³-hybridized carbons (Fsp3) is 0.429. The van der Waals surface area contributed by atoms with E-state index in [2.05, 4.69) is 10.1 Å². The van der Waals surface area contributed by atoms with Gasteiger partial charge in [0.1, 0.15) is 0 Å². The second kappa shape index (κ2) is 8.91. The van der Waals surface area contributed by atoms with Gasteiger partial charge in [0.2, 0.25) is 0 Å². The number of nitrogens with zero attached hydrogens (tertiary/aromatic N) is 1. The maximum atomic E-state index is 8.13. The molecule has 3 N–H and O–H groups in total. The number of nitrogens with one attached hydrogen (secondary N) is 1. The number of nitrogens with two attached hydrogens (primary N) is 1. The molecule has 0 amide bonds. The number of methoxy groups -OCH3 is 2. The molecule has 1 aromatic rings. The van der Waals surface area contributed by atoms with E-state index in [-0.39, 0.29) is 21.5 Å². The average molecular weight is 390 g/mol. The van der Waals surface area contributed by atoms with Gasteiger partial charge in [-0.05, 0) is 0 Å². The van der Waals surface area contributed by atoms with E-state index in [0.717, 1.165) is 16.4 Å². The summed E-state index contributed by atoms with van der Waals surface area (Å²) < 4.78 is 15.9. The van der Waals surface area contributed by atoms with Crippen LogP contribution >= 0.6 is 0 Å². The van der Waals surface area contributed by atoms with Crippen molar-refractivity contribution in [2.75, 3.05) is 24.4 Å². The van der Waals surface area contributed by atoms with Gasteiger partial charge in [-0.1, -0.05) is 0 Å². The number of ether oxygens (including phenoxy) is 2. The van der Waals surface area contributed by atoms with Crippen LogP contribution in [0.4, 0.5) is 5.69 Å². The molecule has 0 aromatic heterocycles. The molecule has 0 fully saturated rings. The molecule has 0 unspecified atom stereocenters. The van der Waals surface area contributed by atoms with Crippen LogP contribution in [0, 0.1) is 5.41 Å². The monoisotopic (exact) mass is 390 g/mol. The Labute approximate surface area is 130 Å². The quantitative estimate of drug-likeness (QED) is 0.202. The first-order valence-corrected chi connectivity index (χ1v) is 8.79. The number of hydrogen-bond donors (Lipinski definition) is 2. The first kappa shape index (κ1) is 16.9. The van der Waals surface area contributed by atoms with Crippen LogP contribution in [0.5, 0.6) is 5.75 Å². The molecule has 0 radical (unpaired) electrons. The maximum absolute atomic E-state index is 8.13. The van der Waals surface area contributed by atoms with Crippen LogP contribution in [0.3, 0.4) is 0 Å². The van der Waals surface area contributed by atoms with E-state index in [9.17, 15) is 0 Å². The van der Waals surface area contributed by atoms with Crippen LogP contribution in [0.25, 0.3) is 0 Å². The van der Waals surface area contributed by atoms with Crippen LogP contribution in [0.1, 0.15) is 24.5 Å². The molecular formula is C14H21IN3O2-. The Morgan fingerprint density at radius 3 is 2.80 bits per heavy atom. The number of hydrogen-bond acceptors (Lipinski definition) is 5. The molecule has 0 heterocycles. The summed E-state index contributed by atoms with van der Waals surface area (Å²) in [6.07, 6.45) is 2.74. The van der Waals surface area contributed by atoms with Crippen molar-refractivity contribution in [3.8, 4) is 5.75 Å². The summed E-state index contributed by atoms with van der Waals surface area (Å²) >= 11 is -0.206. The van der Waals surface area contributed by atoms with E-state index in [1.807, 2.05) is 6.07 Å². The van der Waals surface area contributed by atoms with Gasteiger partial charge in [0.05, 0.1) is 0 Å². The second-order valence-electron chi connectivity index (χ2n) is 4.15. The summed E-state index contributed by atoms with van der Waals surface area (Å²) in [6, 6.07) is 3.67. The minimum atomic E-state index is -0.206. The van der Waals surface area contributed by atoms with Gasteiger partial charge in [0.25, 0.3) is 0 Å². The third-order valence-electron chi connectivity index (χ3n) is 2.50. The summed E-state index contributed by atoms with van der Waals surface area (Å²) in [7, 11) is 3.18.